The summed E-state index contributed by atoms with van der Waals surface area (Å²) in [5.74, 6) is 2.24. The fraction of sp³-hybridized carbons (Fsp3) is 0.250. The first-order valence-corrected chi connectivity index (χ1v) is 12.1. The molecule has 0 saturated heterocycles. The van der Waals surface area contributed by atoms with Crippen molar-refractivity contribution >= 4 is 21.6 Å². The molecule has 0 N–H and O–H groups in total. The lowest BCUT2D eigenvalue weighted by molar-refractivity contribution is -0.0190. The minimum absolute atomic E-state index is 0.118. The van der Waals surface area contributed by atoms with E-state index < -0.39 is 0 Å². The molecule has 2 heterocycles. The van der Waals surface area contributed by atoms with Gasteiger partial charge in [-0.2, -0.15) is 5.10 Å². The second-order valence-electron chi connectivity index (χ2n) is 8.74. The van der Waals surface area contributed by atoms with Crippen molar-refractivity contribution in [2.24, 2.45) is 5.10 Å². The molecule has 3 aromatic rings. The summed E-state index contributed by atoms with van der Waals surface area (Å²) in [5, 5.41) is 7.19. The Morgan fingerprint density at radius 1 is 1.12 bits per heavy atom. The second kappa shape index (κ2) is 9.06. The average Bonchev–Trinajstić information content (AvgIpc) is 3.28. The van der Waals surface area contributed by atoms with Crippen molar-refractivity contribution in [2.45, 2.75) is 38.5 Å². The van der Waals surface area contributed by atoms with E-state index in [1.807, 2.05) is 18.2 Å². The first-order chi connectivity index (χ1) is 16.0. The summed E-state index contributed by atoms with van der Waals surface area (Å²) in [7, 11) is 0. The van der Waals surface area contributed by atoms with Gasteiger partial charge >= 0.3 is 0 Å². The van der Waals surface area contributed by atoms with E-state index in [-0.39, 0.29) is 12.3 Å². The first kappa shape index (κ1) is 21.8. The van der Waals surface area contributed by atoms with Crippen LogP contribution in [-0.2, 0) is 0 Å². The lowest BCUT2D eigenvalue weighted by Gasteiger charge is -2.38. The topological polar surface area (TPSA) is 34.1 Å². The third-order valence-electron chi connectivity index (χ3n) is 6.20. The van der Waals surface area contributed by atoms with E-state index in [9.17, 15) is 0 Å². The van der Waals surface area contributed by atoms with Crippen LogP contribution < -0.4 is 9.47 Å². The molecule has 4 nitrogen and oxygen atoms in total. The summed E-state index contributed by atoms with van der Waals surface area (Å²) in [6, 6.07) is 23.2. The van der Waals surface area contributed by atoms with Gasteiger partial charge in [-0.3, -0.25) is 0 Å². The van der Waals surface area contributed by atoms with E-state index in [1.54, 1.807) is 6.08 Å². The van der Waals surface area contributed by atoms with Crippen molar-refractivity contribution < 1.29 is 9.47 Å². The Kier molecular flexibility index (Phi) is 5.98. The van der Waals surface area contributed by atoms with Gasteiger partial charge in [0, 0.05) is 22.0 Å². The zero-order chi connectivity index (χ0) is 22.9. The van der Waals surface area contributed by atoms with Crippen molar-refractivity contribution in [1.82, 2.24) is 5.01 Å². The van der Waals surface area contributed by atoms with E-state index in [2.05, 4.69) is 89.9 Å². The first-order valence-electron chi connectivity index (χ1n) is 11.3. The van der Waals surface area contributed by atoms with Gasteiger partial charge < -0.3 is 9.47 Å². The molecule has 2 aliphatic rings. The van der Waals surface area contributed by atoms with Crippen molar-refractivity contribution in [3.8, 4) is 11.5 Å². The number of hydrogen-bond donors (Lipinski definition) is 0. The van der Waals surface area contributed by atoms with Gasteiger partial charge in [0.15, 0.2) is 0 Å². The SMILES string of the molecule is C=CCOc1ccc(C2=NN3C(C2)c2cc(Br)ccc2OC3c2ccc(C(C)C)cc2)cc1. The van der Waals surface area contributed by atoms with Gasteiger partial charge in [0.05, 0.1) is 11.8 Å². The van der Waals surface area contributed by atoms with Gasteiger partial charge in [-0.25, -0.2) is 5.01 Å². The molecule has 0 amide bonds. The maximum Gasteiger partial charge on any atom is 0.213 e. The molecular weight excluding hydrogens is 476 g/mol. The smallest absolute Gasteiger partial charge is 0.213 e. The molecule has 5 heteroatoms. The van der Waals surface area contributed by atoms with Crippen LogP contribution in [0.15, 0.2) is 89.0 Å². The predicted molar refractivity (Wildman–Crippen MR) is 136 cm³/mol. The fourth-order valence-corrected chi connectivity index (χ4v) is 4.78. The number of fused-ring (bicyclic) bond motifs is 3. The molecule has 0 bridgehead atoms. The molecular formula is C28H27BrN2O2. The summed E-state index contributed by atoms with van der Waals surface area (Å²) in [6.45, 7) is 8.62. The highest BCUT2D eigenvalue weighted by Gasteiger charge is 2.41. The molecule has 0 saturated carbocycles. The van der Waals surface area contributed by atoms with Crippen LogP contribution in [0.3, 0.4) is 0 Å². The zero-order valence-corrected chi connectivity index (χ0v) is 20.5. The van der Waals surface area contributed by atoms with Crippen molar-refractivity contribution in [2.75, 3.05) is 6.61 Å². The van der Waals surface area contributed by atoms with E-state index in [4.69, 9.17) is 14.6 Å². The third kappa shape index (κ3) is 4.30. The molecule has 2 atom stereocenters. The monoisotopic (exact) mass is 502 g/mol. The molecule has 0 aliphatic carbocycles. The molecule has 2 aliphatic heterocycles. The van der Waals surface area contributed by atoms with Crippen molar-refractivity contribution in [3.05, 3.63) is 106 Å². The molecule has 168 valence electrons. The van der Waals surface area contributed by atoms with Crippen LogP contribution in [-0.4, -0.2) is 17.3 Å². The lowest BCUT2D eigenvalue weighted by Crippen LogP contribution is -2.33. The van der Waals surface area contributed by atoms with Gasteiger partial charge in [0.1, 0.15) is 18.1 Å². The van der Waals surface area contributed by atoms with Crippen LogP contribution in [0.25, 0.3) is 0 Å². The minimum atomic E-state index is -0.266. The fourth-order valence-electron chi connectivity index (χ4n) is 4.40. The van der Waals surface area contributed by atoms with Crippen LogP contribution in [0, 0.1) is 0 Å². The van der Waals surface area contributed by atoms with Crippen LogP contribution in [0.1, 0.15) is 60.7 Å². The van der Waals surface area contributed by atoms with Crippen LogP contribution in [0.4, 0.5) is 0 Å². The molecule has 0 radical (unpaired) electrons. The van der Waals surface area contributed by atoms with Gasteiger partial charge in [-0.05, 0) is 59.5 Å². The Balaban J connectivity index is 1.50. The number of nitrogens with zero attached hydrogens (tertiary/aromatic N) is 2. The Bertz CT molecular complexity index is 1190. The highest BCUT2D eigenvalue weighted by atomic mass is 79.9. The summed E-state index contributed by atoms with van der Waals surface area (Å²) in [6.07, 6.45) is 2.30. The highest BCUT2D eigenvalue weighted by molar-refractivity contribution is 9.10. The molecule has 0 fully saturated rings. The van der Waals surface area contributed by atoms with Crippen molar-refractivity contribution in [3.63, 3.8) is 0 Å². The summed E-state index contributed by atoms with van der Waals surface area (Å²) in [5.41, 5.74) is 5.73. The summed E-state index contributed by atoms with van der Waals surface area (Å²) >= 11 is 3.63. The number of ether oxygens (including phenoxy) is 2. The van der Waals surface area contributed by atoms with E-state index >= 15 is 0 Å². The number of benzene rings is 3. The van der Waals surface area contributed by atoms with Crippen LogP contribution in [0.2, 0.25) is 0 Å². The highest BCUT2D eigenvalue weighted by Crippen LogP contribution is 2.48. The minimum Gasteiger partial charge on any atom is -0.490 e. The Morgan fingerprint density at radius 2 is 1.88 bits per heavy atom. The summed E-state index contributed by atoms with van der Waals surface area (Å²) < 4.78 is 13.2. The van der Waals surface area contributed by atoms with E-state index in [0.29, 0.717) is 12.5 Å². The van der Waals surface area contributed by atoms with Gasteiger partial charge in [0.2, 0.25) is 6.23 Å². The Hall–Kier alpha value is -3.05. The van der Waals surface area contributed by atoms with E-state index in [1.165, 1.54) is 5.56 Å². The molecule has 2 unspecified atom stereocenters. The number of hydrazone groups is 1. The maximum atomic E-state index is 6.50. The van der Waals surface area contributed by atoms with Gasteiger partial charge in [0.25, 0.3) is 0 Å². The maximum absolute atomic E-state index is 6.50. The molecule has 33 heavy (non-hydrogen) atoms. The standard InChI is InChI=1S/C28H27BrN2O2/c1-4-15-32-23-12-9-20(10-13-23)25-17-26-24-16-22(29)11-14-27(24)33-28(31(26)30-25)21-7-5-19(6-8-21)18(2)3/h4-14,16,18,26,28H,1,15,17H2,2-3H3. The largest absolute Gasteiger partial charge is 0.490 e. The predicted octanol–water partition coefficient (Wildman–Crippen LogP) is 7.38. The number of halogens is 1. The molecule has 5 rings (SSSR count). The number of hydrogen-bond acceptors (Lipinski definition) is 4. The number of rotatable bonds is 6. The lowest BCUT2D eigenvalue weighted by atomic mass is 9.95. The second-order valence-corrected chi connectivity index (χ2v) is 9.66. The van der Waals surface area contributed by atoms with Gasteiger partial charge in [-0.15, -0.1) is 0 Å². The summed E-state index contributed by atoms with van der Waals surface area (Å²) in [4.78, 5) is 0. The third-order valence-corrected chi connectivity index (χ3v) is 6.69. The Morgan fingerprint density at radius 3 is 2.58 bits per heavy atom. The quantitative estimate of drug-likeness (QED) is 0.329. The Labute approximate surface area is 203 Å². The van der Waals surface area contributed by atoms with Gasteiger partial charge in [-0.1, -0.05) is 66.7 Å². The molecule has 0 aromatic heterocycles. The normalized spacial score (nSPS) is 18.9. The van der Waals surface area contributed by atoms with Crippen LogP contribution in [0.5, 0.6) is 11.5 Å². The average molecular weight is 503 g/mol. The van der Waals surface area contributed by atoms with E-state index in [0.717, 1.165) is 44.8 Å². The van der Waals surface area contributed by atoms with Crippen molar-refractivity contribution in [1.29, 1.82) is 0 Å². The zero-order valence-electron chi connectivity index (χ0n) is 18.9. The van der Waals surface area contributed by atoms with Crippen LogP contribution >= 0.6 is 15.9 Å². The molecule has 0 spiro atoms. The molecule has 3 aromatic carbocycles.